The van der Waals surface area contributed by atoms with Crippen LogP contribution in [0.25, 0.3) is 0 Å². The Hall–Kier alpha value is -0.860. The highest BCUT2D eigenvalue weighted by molar-refractivity contribution is 6.03. The molecule has 1 unspecified atom stereocenters. The summed E-state index contributed by atoms with van der Waals surface area (Å²) in [5, 5.41) is 0. The van der Waals surface area contributed by atoms with Crippen LogP contribution in [0.15, 0.2) is 0 Å². The summed E-state index contributed by atoms with van der Waals surface area (Å²) in [6, 6.07) is 0. The highest BCUT2D eigenvalue weighted by Gasteiger charge is 2.37. The molecule has 3 nitrogen and oxygen atoms in total. The van der Waals surface area contributed by atoms with E-state index in [0.29, 0.717) is 13.0 Å². The third-order valence-electron chi connectivity index (χ3n) is 7.98. The lowest BCUT2D eigenvalue weighted by Crippen LogP contribution is -2.31. The third-order valence-corrected chi connectivity index (χ3v) is 7.98. The summed E-state index contributed by atoms with van der Waals surface area (Å²) < 4.78 is 0. The third kappa shape index (κ3) is 17.3. The first kappa shape index (κ1) is 32.2. The van der Waals surface area contributed by atoms with Crippen LogP contribution < -0.4 is 0 Å². The molecule has 1 saturated heterocycles. The van der Waals surface area contributed by atoms with E-state index in [1.165, 1.54) is 135 Å². The molecule has 206 valence electrons. The SMILES string of the molecule is CCCCCCCCCCCCCCCCCCN1C(=O)CC(CCCCCCCCCC)C1=O. The molecule has 0 radical (unpaired) electrons. The summed E-state index contributed by atoms with van der Waals surface area (Å²) in [6.07, 6.45) is 33.2. The lowest BCUT2D eigenvalue weighted by atomic mass is 9.98. The maximum atomic E-state index is 12.7. The number of carbonyl (C=O) groups is 2. The Labute approximate surface area is 219 Å². The fourth-order valence-electron chi connectivity index (χ4n) is 5.55. The molecule has 0 N–H and O–H groups in total. The van der Waals surface area contributed by atoms with E-state index in [4.69, 9.17) is 0 Å². The Morgan fingerprint density at radius 2 is 0.857 bits per heavy atom. The largest absolute Gasteiger partial charge is 0.282 e. The molecule has 0 spiro atoms. The summed E-state index contributed by atoms with van der Waals surface area (Å²) in [4.78, 5) is 26.6. The van der Waals surface area contributed by atoms with Gasteiger partial charge < -0.3 is 0 Å². The van der Waals surface area contributed by atoms with Gasteiger partial charge in [0.25, 0.3) is 0 Å². The lowest BCUT2D eigenvalue weighted by Gasteiger charge is -2.15. The highest BCUT2D eigenvalue weighted by Crippen LogP contribution is 2.26. The molecule has 1 fully saturated rings. The van der Waals surface area contributed by atoms with Crippen molar-refractivity contribution in [3.05, 3.63) is 0 Å². The van der Waals surface area contributed by atoms with Gasteiger partial charge >= 0.3 is 0 Å². The van der Waals surface area contributed by atoms with Crippen molar-refractivity contribution in [3.63, 3.8) is 0 Å². The predicted molar refractivity (Wildman–Crippen MR) is 152 cm³/mol. The second kappa shape index (κ2) is 23.5. The zero-order chi connectivity index (χ0) is 25.4. The number of nitrogens with zero attached hydrogens (tertiary/aromatic N) is 1. The van der Waals surface area contributed by atoms with Crippen molar-refractivity contribution in [2.75, 3.05) is 6.54 Å². The average molecular weight is 492 g/mol. The van der Waals surface area contributed by atoms with Crippen LogP contribution in [-0.2, 0) is 9.59 Å². The van der Waals surface area contributed by atoms with Crippen LogP contribution in [0.1, 0.15) is 181 Å². The van der Waals surface area contributed by atoms with Crippen molar-refractivity contribution in [2.45, 2.75) is 181 Å². The molecule has 0 aromatic carbocycles. The molecule has 1 atom stereocenters. The number of likely N-dealkylation sites (tertiary alicyclic amines) is 1. The van der Waals surface area contributed by atoms with Gasteiger partial charge in [-0.05, 0) is 12.8 Å². The Bertz CT molecular complexity index is 504. The van der Waals surface area contributed by atoms with Crippen molar-refractivity contribution in [1.82, 2.24) is 4.90 Å². The first-order valence-electron chi connectivity index (χ1n) is 16.0. The van der Waals surface area contributed by atoms with Gasteiger partial charge in [-0.15, -0.1) is 0 Å². The van der Waals surface area contributed by atoms with E-state index >= 15 is 0 Å². The standard InChI is InChI=1S/C32H61NO2/c1-3-5-7-9-11-13-14-15-16-17-18-19-20-22-24-26-28-33-31(34)29-30(32(33)35)27-25-23-21-12-10-8-6-4-2/h30H,3-29H2,1-2H3. The molecular formula is C32H61NO2. The van der Waals surface area contributed by atoms with Crippen molar-refractivity contribution >= 4 is 11.8 Å². The molecule has 1 aliphatic rings. The van der Waals surface area contributed by atoms with Crippen molar-refractivity contribution in [1.29, 1.82) is 0 Å². The Balaban J connectivity index is 1.90. The molecule has 35 heavy (non-hydrogen) atoms. The summed E-state index contributed by atoms with van der Waals surface area (Å²) >= 11 is 0. The zero-order valence-corrected chi connectivity index (χ0v) is 23.9. The zero-order valence-electron chi connectivity index (χ0n) is 23.9. The van der Waals surface area contributed by atoms with Gasteiger partial charge in [0.15, 0.2) is 0 Å². The highest BCUT2D eigenvalue weighted by atomic mass is 16.2. The first-order valence-corrected chi connectivity index (χ1v) is 16.0. The van der Waals surface area contributed by atoms with Gasteiger partial charge in [-0.25, -0.2) is 0 Å². The fourth-order valence-corrected chi connectivity index (χ4v) is 5.55. The van der Waals surface area contributed by atoms with Crippen molar-refractivity contribution < 1.29 is 9.59 Å². The summed E-state index contributed by atoms with van der Waals surface area (Å²) in [5.74, 6) is 0.183. The van der Waals surface area contributed by atoms with Gasteiger partial charge in [0.1, 0.15) is 0 Å². The molecule has 0 aromatic heterocycles. The van der Waals surface area contributed by atoms with Gasteiger partial charge in [-0.3, -0.25) is 14.5 Å². The van der Waals surface area contributed by atoms with Crippen LogP contribution in [0.2, 0.25) is 0 Å². The normalized spacial score (nSPS) is 16.1. The maximum absolute atomic E-state index is 12.7. The lowest BCUT2D eigenvalue weighted by molar-refractivity contribution is -0.139. The minimum atomic E-state index is -0.0244. The van der Waals surface area contributed by atoms with E-state index in [2.05, 4.69) is 13.8 Å². The Morgan fingerprint density at radius 3 is 1.26 bits per heavy atom. The summed E-state index contributed by atoms with van der Waals surface area (Å²) in [7, 11) is 0. The molecule has 3 heteroatoms. The summed E-state index contributed by atoms with van der Waals surface area (Å²) in [5.41, 5.74) is 0. The van der Waals surface area contributed by atoms with Crippen LogP contribution in [0.4, 0.5) is 0 Å². The van der Waals surface area contributed by atoms with Crippen molar-refractivity contribution in [2.24, 2.45) is 5.92 Å². The number of amides is 2. The van der Waals surface area contributed by atoms with Crippen LogP contribution in [0.5, 0.6) is 0 Å². The van der Waals surface area contributed by atoms with Gasteiger partial charge in [0, 0.05) is 18.9 Å². The molecule has 0 bridgehead atoms. The van der Waals surface area contributed by atoms with Gasteiger partial charge in [-0.1, -0.05) is 162 Å². The number of hydrogen-bond donors (Lipinski definition) is 0. The second-order valence-corrected chi connectivity index (χ2v) is 11.4. The number of unbranched alkanes of at least 4 members (excludes halogenated alkanes) is 22. The quantitative estimate of drug-likeness (QED) is 0.0891. The smallest absolute Gasteiger partial charge is 0.232 e. The molecule has 1 rings (SSSR count). The monoisotopic (exact) mass is 491 g/mol. The van der Waals surface area contributed by atoms with E-state index in [9.17, 15) is 9.59 Å². The Kier molecular flexibility index (Phi) is 21.6. The topological polar surface area (TPSA) is 37.4 Å². The van der Waals surface area contributed by atoms with Crippen LogP contribution in [-0.4, -0.2) is 23.3 Å². The number of hydrogen-bond acceptors (Lipinski definition) is 2. The molecule has 2 amide bonds. The number of carbonyl (C=O) groups excluding carboxylic acids is 2. The van der Waals surface area contributed by atoms with E-state index < -0.39 is 0 Å². The molecule has 0 saturated carbocycles. The predicted octanol–water partition coefficient (Wildman–Crippen LogP) is 10.2. The number of rotatable bonds is 26. The molecule has 0 aromatic rings. The van der Waals surface area contributed by atoms with E-state index in [-0.39, 0.29) is 17.7 Å². The van der Waals surface area contributed by atoms with Crippen LogP contribution >= 0.6 is 0 Å². The van der Waals surface area contributed by atoms with Gasteiger partial charge in [0.2, 0.25) is 11.8 Å². The van der Waals surface area contributed by atoms with Crippen LogP contribution in [0, 0.1) is 5.92 Å². The Morgan fingerprint density at radius 1 is 0.514 bits per heavy atom. The molecule has 1 heterocycles. The minimum absolute atomic E-state index is 0.0244. The van der Waals surface area contributed by atoms with Crippen LogP contribution in [0.3, 0.4) is 0 Å². The van der Waals surface area contributed by atoms with Gasteiger partial charge in [0.05, 0.1) is 0 Å². The molecule has 1 aliphatic heterocycles. The van der Waals surface area contributed by atoms with E-state index in [1.807, 2.05) is 0 Å². The average Bonchev–Trinajstić information content (AvgIpc) is 3.12. The molecule has 0 aliphatic carbocycles. The van der Waals surface area contributed by atoms with Crippen molar-refractivity contribution in [3.8, 4) is 0 Å². The van der Waals surface area contributed by atoms with Gasteiger partial charge in [-0.2, -0.15) is 0 Å². The molecular weight excluding hydrogens is 430 g/mol. The first-order chi connectivity index (χ1) is 17.2. The second-order valence-electron chi connectivity index (χ2n) is 11.4. The maximum Gasteiger partial charge on any atom is 0.232 e. The minimum Gasteiger partial charge on any atom is -0.282 e. The summed E-state index contributed by atoms with van der Waals surface area (Å²) in [6.45, 7) is 5.19. The van der Waals surface area contributed by atoms with E-state index in [1.54, 1.807) is 4.90 Å². The number of imide groups is 1. The van der Waals surface area contributed by atoms with E-state index in [0.717, 1.165) is 25.7 Å². The fraction of sp³-hybridized carbons (Fsp3) is 0.938.